The first-order chi connectivity index (χ1) is 8.60. The van der Waals surface area contributed by atoms with Gasteiger partial charge in [0.1, 0.15) is 10.3 Å². The van der Waals surface area contributed by atoms with Gasteiger partial charge in [0, 0.05) is 12.9 Å². The van der Waals surface area contributed by atoms with Crippen LogP contribution in [0.4, 0.5) is 0 Å². The second-order valence-corrected chi connectivity index (χ2v) is 4.41. The highest BCUT2D eigenvalue weighted by atomic mass is 35.5. The monoisotopic (exact) mass is 299 g/mol. The Balaban J connectivity index is 2.37. The highest BCUT2D eigenvalue weighted by Crippen LogP contribution is 2.25. The van der Waals surface area contributed by atoms with E-state index in [-0.39, 0.29) is 0 Å². The van der Waals surface area contributed by atoms with Crippen molar-refractivity contribution < 1.29 is 8.98 Å². The fraction of sp³-hybridized carbons (Fsp3) is 0. The van der Waals surface area contributed by atoms with Gasteiger partial charge in [-0.1, -0.05) is 35.3 Å². The SMILES string of the molecule is O=C(OS)c1ccc(-c2cc(Cl)nc(Cl)c2)cc1. The number of hydrogen-bond acceptors (Lipinski definition) is 4. The molecule has 1 aromatic carbocycles. The Morgan fingerprint density at radius 1 is 1.06 bits per heavy atom. The molecule has 0 atom stereocenters. The molecule has 0 aliphatic heterocycles. The lowest BCUT2D eigenvalue weighted by molar-refractivity contribution is 0.0772. The van der Waals surface area contributed by atoms with Gasteiger partial charge in [0.25, 0.3) is 0 Å². The zero-order chi connectivity index (χ0) is 13.1. The molecule has 0 spiro atoms. The molecule has 0 amide bonds. The van der Waals surface area contributed by atoms with Crippen molar-refractivity contribution in [2.45, 2.75) is 0 Å². The highest BCUT2D eigenvalue weighted by molar-refractivity contribution is 7.75. The second-order valence-electron chi connectivity index (χ2n) is 3.46. The van der Waals surface area contributed by atoms with Crippen molar-refractivity contribution in [2.75, 3.05) is 0 Å². The Morgan fingerprint density at radius 3 is 2.11 bits per heavy atom. The van der Waals surface area contributed by atoms with E-state index in [1.165, 1.54) is 0 Å². The van der Waals surface area contributed by atoms with Crippen LogP contribution in [0, 0.1) is 0 Å². The van der Waals surface area contributed by atoms with E-state index in [1.54, 1.807) is 36.4 Å². The molecule has 0 radical (unpaired) electrons. The van der Waals surface area contributed by atoms with Gasteiger partial charge in [-0.3, -0.25) is 0 Å². The van der Waals surface area contributed by atoms with Crippen LogP contribution in [-0.2, 0) is 4.18 Å². The van der Waals surface area contributed by atoms with Crippen LogP contribution in [0.1, 0.15) is 10.4 Å². The summed E-state index contributed by atoms with van der Waals surface area (Å²) in [5.74, 6) is -0.504. The number of nitrogens with zero attached hydrogens (tertiary/aromatic N) is 1. The first-order valence-corrected chi connectivity index (χ1v) is 6.01. The van der Waals surface area contributed by atoms with Crippen LogP contribution in [0.2, 0.25) is 10.3 Å². The molecule has 3 nitrogen and oxygen atoms in total. The van der Waals surface area contributed by atoms with E-state index in [9.17, 15) is 4.79 Å². The predicted octanol–water partition coefficient (Wildman–Crippen LogP) is 4.06. The van der Waals surface area contributed by atoms with Crippen molar-refractivity contribution >= 4 is 42.1 Å². The maximum absolute atomic E-state index is 11.2. The lowest BCUT2D eigenvalue weighted by Gasteiger charge is -2.04. The van der Waals surface area contributed by atoms with Crippen LogP contribution in [0.5, 0.6) is 0 Å². The summed E-state index contributed by atoms with van der Waals surface area (Å²) >= 11 is 15.1. The smallest absolute Gasteiger partial charge is 0.349 e. The van der Waals surface area contributed by atoms with Gasteiger partial charge in [0.05, 0.1) is 5.56 Å². The van der Waals surface area contributed by atoms with Gasteiger partial charge in [-0.25, -0.2) is 9.78 Å². The third-order valence-electron chi connectivity index (χ3n) is 2.30. The number of benzene rings is 1. The number of carbonyl (C=O) groups is 1. The third kappa shape index (κ3) is 2.96. The Morgan fingerprint density at radius 2 is 1.61 bits per heavy atom. The summed E-state index contributed by atoms with van der Waals surface area (Å²) in [6.07, 6.45) is 0. The quantitative estimate of drug-likeness (QED) is 0.516. The van der Waals surface area contributed by atoms with E-state index in [4.69, 9.17) is 23.2 Å². The number of halogens is 2. The topological polar surface area (TPSA) is 39.2 Å². The zero-order valence-corrected chi connectivity index (χ0v) is 11.3. The molecule has 92 valence electrons. The molecule has 1 heterocycles. The molecule has 6 heteroatoms. The lowest BCUT2D eigenvalue weighted by Crippen LogP contribution is -1.97. The van der Waals surface area contributed by atoms with Crippen LogP contribution in [-0.4, -0.2) is 11.0 Å². The standard InChI is InChI=1S/C12H7Cl2NO2S/c13-10-5-9(6-11(14)15-10)7-1-3-8(4-2-7)12(16)17-18/h1-6,18H. The van der Waals surface area contributed by atoms with Crippen LogP contribution in [0.15, 0.2) is 36.4 Å². The summed E-state index contributed by atoms with van der Waals surface area (Å²) in [4.78, 5) is 15.1. The molecule has 1 aromatic heterocycles. The maximum atomic E-state index is 11.2. The Hall–Kier alpha value is -1.23. The average Bonchev–Trinajstić information content (AvgIpc) is 2.37. The molecule has 0 unspecified atom stereocenters. The van der Waals surface area contributed by atoms with Crippen molar-refractivity contribution in [2.24, 2.45) is 0 Å². The Bertz CT molecular complexity index is 567. The molecule has 2 aromatic rings. The zero-order valence-electron chi connectivity index (χ0n) is 8.93. The normalized spacial score (nSPS) is 10.2. The maximum Gasteiger partial charge on any atom is 0.349 e. The minimum absolute atomic E-state index is 0.316. The Kier molecular flexibility index (Phi) is 4.11. The van der Waals surface area contributed by atoms with Crippen molar-refractivity contribution in [3.8, 4) is 11.1 Å². The van der Waals surface area contributed by atoms with Gasteiger partial charge in [0.15, 0.2) is 0 Å². The molecule has 18 heavy (non-hydrogen) atoms. The van der Waals surface area contributed by atoms with Gasteiger partial charge in [-0.15, -0.1) is 0 Å². The minimum atomic E-state index is -0.504. The molecule has 0 N–H and O–H groups in total. The summed E-state index contributed by atoms with van der Waals surface area (Å²) < 4.78 is 4.32. The molecule has 0 aliphatic carbocycles. The first-order valence-electron chi connectivity index (χ1n) is 4.89. The molecular formula is C12H7Cl2NO2S. The minimum Gasteiger partial charge on any atom is -0.391 e. The molecule has 0 fully saturated rings. The van der Waals surface area contributed by atoms with Crippen molar-refractivity contribution in [3.05, 3.63) is 52.3 Å². The third-order valence-corrected chi connectivity index (χ3v) is 2.85. The summed E-state index contributed by atoms with van der Waals surface area (Å²) in [7, 11) is 0. The number of carbonyl (C=O) groups excluding carboxylic acids is 1. The van der Waals surface area contributed by atoms with Gasteiger partial charge in [-0.2, -0.15) is 0 Å². The van der Waals surface area contributed by atoms with E-state index in [2.05, 4.69) is 22.1 Å². The summed E-state index contributed by atoms with van der Waals surface area (Å²) in [5, 5.41) is 0.632. The van der Waals surface area contributed by atoms with E-state index in [1.807, 2.05) is 0 Å². The molecule has 2 rings (SSSR count). The molecule has 0 bridgehead atoms. The number of pyridine rings is 1. The average molecular weight is 300 g/mol. The van der Waals surface area contributed by atoms with Crippen LogP contribution >= 0.6 is 36.1 Å². The predicted molar refractivity (Wildman–Crippen MR) is 74.1 cm³/mol. The number of hydrogen-bond donors (Lipinski definition) is 1. The van der Waals surface area contributed by atoms with Crippen molar-refractivity contribution in [1.82, 2.24) is 4.98 Å². The molecule has 0 saturated heterocycles. The van der Waals surface area contributed by atoms with E-state index in [0.717, 1.165) is 11.1 Å². The van der Waals surface area contributed by atoms with E-state index in [0.29, 0.717) is 15.9 Å². The fourth-order valence-electron chi connectivity index (χ4n) is 1.48. The molecule has 0 saturated carbocycles. The second kappa shape index (κ2) is 5.61. The fourth-order valence-corrected chi connectivity index (χ4v) is 2.05. The highest BCUT2D eigenvalue weighted by Gasteiger charge is 2.07. The summed E-state index contributed by atoms with van der Waals surface area (Å²) in [6, 6.07) is 10.2. The van der Waals surface area contributed by atoms with Gasteiger partial charge < -0.3 is 4.18 Å². The largest absolute Gasteiger partial charge is 0.391 e. The molecule has 0 aliphatic rings. The Labute approximate surface area is 119 Å². The van der Waals surface area contributed by atoms with Crippen LogP contribution in [0.3, 0.4) is 0 Å². The van der Waals surface area contributed by atoms with Crippen LogP contribution < -0.4 is 0 Å². The number of aromatic nitrogens is 1. The van der Waals surface area contributed by atoms with Crippen molar-refractivity contribution in [3.63, 3.8) is 0 Å². The first kappa shape index (κ1) is 13.2. The van der Waals surface area contributed by atoms with E-state index < -0.39 is 5.97 Å². The van der Waals surface area contributed by atoms with Gasteiger partial charge in [-0.05, 0) is 35.4 Å². The summed E-state index contributed by atoms with van der Waals surface area (Å²) in [6.45, 7) is 0. The van der Waals surface area contributed by atoms with Crippen molar-refractivity contribution in [1.29, 1.82) is 0 Å². The van der Waals surface area contributed by atoms with Gasteiger partial charge in [0.2, 0.25) is 0 Å². The van der Waals surface area contributed by atoms with Crippen LogP contribution in [0.25, 0.3) is 11.1 Å². The number of thiol groups is 1. The summed E-state index contributed by atoms with van der Waals surface area (Å²) in [5.41, 5.74) is 2.11. The van der Waals surface area contributed by atoms with Gasteiger partial charge >= 0.3 is 5.97 Å². The van der Waals surface area contributed by atoms with E-state index >= 15 is 0 Å². The lowest BCUT2D eigenvalue weighted by atomic mass is 10.1. The molecular weight excluding hydrogens is 293 g/mol. The number of rotatable bonds is 2.